The molecule has 0 bridgehead atoms. The number of nitrogens with one attached hydrogen (secondary N) is 2. The van der Waals surface area contributed by atoms with E-state index in [1.165, 1.54) is 11.1 Å². The monoisotopic (exact) mass is 343 g/mol. The predicted octanol–water partition coefficient (Wildman–Crippen LogP) is 1.67. The van der Waals surface area contributed by atoms with E-state index in [0.717, 1.165) is 25.5 Å². The van der Waals surface area contributed by atoms with Gasteiger partial charge in [0, 0.05) is 25.2 Å². The number of nitrogens with zero attached hydrogens (tertiary/aromatic N) is 3. The van der Waals surface area contributed by atoms with E-state index in [4.69, 9.17) is 0 Å². The number of amides is 1. The van der Waals surface area contributed by atoms with E-state index in [2.05, 4.69) is 20.8 Å². The summed E-state index contributed by atoms with van der Waals surface area (Å²) in [5.41, 5.74) is 3.16. The molecule has 1 aliphatic rings. The average Bonchev–Trinajstić information content (AvgIpc) is 3.12. The fraction of sp³-hybridized carbons (Fsp3) is 0.357. The Kier molecular flexibility index (Phi) is 6.80. The number of benzene rings is 1. The second-order valence-corrected chi connectivity index (χ2v) is 4.80. The first kappa shape index (κ1) is 18.4. The highest BCUT2D eigenvalue weighted by molar-refractivity contribution is 5.94. The van der Waals surface area contributed by atoms with Crippen LogP contribution in [0.4, 0.5) is 0 Å². The maximum Gasteiger partial charge on any atom is 0.251 e. The maximum atomic E-state index is 12.2. The molecule has 0 radical (unpaired) electrons. The molecule has 0 saturated heterocycles. The van der Waals surface area contributed by atoms with E-state index in [1.54, 1.807) is 6.33 Å². The van der Waals surface area contributed by atoms with E-state index in [-0.39, 0.29) is 30.7 Å². The molecule has 120 valence electrons. The molecule has 3 rings (SSSR count). The van der Waals surface area contributed by atoms with Gasteiger partial charge in [-0.15, -0.1) is 35.0 Å². The third-order valence-electron chi connectivity index (χ3n) is 3.54. The fourth-order valence-electron chi connectivity index (χ4n) is 2.38. The van der Waals surface area contributed by atoms with Crippen LogP contribution in [-0.4, -0.2) is 20.7 Å². The summed E-state index contributed by atoms with van der Waals surface area (Å²) in [7, 11) is 0. The van der Waals surface area contributed by atoms with Crippen LogP contribution < -0.4 is 10.6 Å². The van der Waals surface area contributed by atoms with E-state index in [0.29, 0.717) is 12.1 Å². The second-order valence-electron chi connectivity index (χ2n) is 4.80. The minimum atomic E-state index is -0.0784. The zero-order valence-electron chi connectivity index (χ0n) is 12.2. The van der Waals surface area contributed by atoms with Crippen LogP contribution in [0.1, 0.15) is 34.2 Å². The molecule has 2 N–H and O–H groups in total. The highest BCUT2D eigenvalue weighted by Gasteiger charge is 2.13. The molecule has 0 saturated carbocycles. The van der Waals surface area contributed by atoms with E-state index in [1.807, 2.05) is 29.7 Å². The molecule has 8 heteroatoms. The Hall–Kier alpha value is -1.63. The number of aromatic nitrogens is 3. The van der Waals surface area contributed by atoms with Gasteiger partial charge in [0.1, 0.15) is 6.33 Å². The first-order valence-corrected chi connectivity index (χ1v) is 6.75. The van der Waals surface area contributed by atoms with Crippen LogP contribution in [-0.2, 0) is 26.2 Å². The summed E-state index contributed by atoms with van der Waals surface area (Å²) in [5, 5.41) is 14.0. The molecule has 1 aliphatic heterocycles. The standard InChI is InChI=1S/C14H17N5O.2ClH/c1-2-19-9-17-18-13(19)8-16-14(20)10-3-4-11-6-15-7-12(11)5-10;;/h3-5,9,15H,2,6-8H2,1H3,(H,16,20);2*1H. The number of hydrogen-bond acceptors (Lipinski definition) is 4. The molecule has 1 amide bonds. The summed E-state index contributed by atoms with van der Waals surface area (Å²) in [6, 6.07) is 5.83. The van der Waals surface area contributed by atoms with Gasteiger partial charge in [0.15, 0.2) is 5.82 Å². The minimum Gasteiger partial charge on any atom is -0.345 e. The van der Waals surface area contributed by atoms with Crippen LogP contribution >= 0.6 is 24.8 Å². The lowest BCUT2D eigenvalue weighted by Crippen LogP contribution is -2.24. The van der Waals surface area contributed by atoms with Crippen LogP contribution in [0.2, 0.25) is 0 Å². The van der Waals surface area contributed by atoms with Crippen molar-refractivity contribution in [1.82, 2.24) is 25.4 Å². The normalized spacial score (nSPS) is 12.0. The third kappa shape index (κ3) is 3.76. The Morgan fingerprint density at radius 3 is 2.86 bits per heavy atom. The minimum absolute atomic E-state index is 0. The Morgan fingerprint density at radius 1 is 1.32 bits per heavy atom. The highest BCUT2D eigenvalue weighted by atomic mass is 35.5. The van der Waals surface area contributed by atoms with E-state index in [9.17, 15) is 4.79 Å². The number of carbonyl (C=O) groups is 1. The molecule has 0 fully saturated rings. The van der Waals surface area contributed by atoms with Crippen molar-refractivity contribution in [2.45, 2.75) is 33.1 Å². The van der Waals surface area contributed by atoms with Crippen LogP contribution in [0.15, 0.2) is 24.5 Å². The Labute approximate surface area is 141 Å². The first-order chi connectivity index (χ1) is 9.78. The zero-order valence-corrected chi connectivity index (χ0v) is 13.8. The number of rotatable bonds is 4. The second kappa shape index (κ2) is 8.12. The lowest BCUT2D eigenvalue weighted by atomic mass is 10.1. The maximum absolute atomic E-state index is 12.2. The van der Waals surface area contributed by atoms with Gasteiger partial charge in [0.25, 0.3) is 5.91 Å². The van der Waals surface area contributed by atoms with Gasteiger partial charge in [-0.05, 0) is 30.2 Å². The Balaban J connectivity index is 0.00000121. The van der Waals surface area contributed by atoms with Gasteiger partial charge < -0.3 is 15.2 Å². The molecule has 1 aromatic carbocycles. The molecule has 22 heavy (non-hydrogen) atoms. The molecular weight excluding hydrogens is 325 g/mol. The molecule has 0 atom stereocenters. The van der Waals surface area contributed by atoms with Crippen LogP contribution in [0, 0.1) is 0 Å². The van der Waals surface area contributed by atoms with Crippen molar-refractivity contribution in [2.24, 2.45) is 0 Å². The molecule has 0 spiro atoms. The summed E-state index contributed by atoms with van der Waals surface area (Å²) in [4.78, 5) is 12.2. The van der Waals surface area contributed by atoms with Gasteiger partial charge in [-0.1, -0.05) is 6.07 Å². The quantitative estimate of drug-likeness (QED) is 0.885. The van der Waals surface area contributed by atoms with Gasteiger partial charge >= 0.3 is 0 Å². The van der Waals surface area contributed by atoms with E-state index < -0.39 is 0 Å². The Morgan fingerprint density at radius 2 is 2.09 bits per heavy atom. The van der Waals surface area contributed by atoms with Crippen molar-refractivity contribution in [1.29, 1.82) is 0 Å². The molecule has 2 heterocycles. The van der Waals surface area contributed by atoms with Gasteiger partial charge in [0.05, 0.1) is 6.54 Å². The number of halogens is 2. The summed E-state index contributed by atoms with van der Waals surface area (Å²) in [6.45, 7) is 4.92. The largest absolute Gasteiger partial charge is 0.345 e. The summed E-state index contributed by atoms with van der Waals surface area (Å²) in [6.07, 6.45) is 1.67. The number of fused-ring (bicyclic) bond motifs is 1. The van der Waals surface area contributed by atoms with Crippen molar-refractivity contribution < 1.29 is 4.79 Å². The lowest BCUT2D eigenvalue weighted by molar-refractivity contribution is 0.0949. The number of hydrogen-bond donors (Lipinski definition) is 2. The SMILES string of the molecule is CCn1cnnc1CNC(=O)c1ccc2c(c1)CNC2.Cl.Cl. The van der Waals surface area contributed by atoms with Crippen LogP contribution in [0.5, 0.6) is 0 Å². The zero-order chi connectivity index (χ0) is 13.9. The van der Waals surface area contributed by atoms with Gasteiger partial charge in [-0.2, -0.15) is 0 Å². The van der Waals surface area contributed by atoms with Crippen molar-refractivity contribution in [3.63, 3.8) is 0 Å². The van der Waals surface area contributed by atoms with Crippen molar-refractivity contribution in [3.8, 4) is 0 Å². The van der Waals surface area contributed by atoms with Gasteiger partial charge in [-0.3, -0.25) is 4.79 Å². The first-order valence-electron chi connectivity index (χ1n) is 6.75. The Bertz CT molecular complexity index is 644. The fourth-order valence-corrected chi connectivity index (χ4v) is 2.38. The molecule has 0 aliphatic carbocycles. The van der Waals surface area contributed by atoms with Crippen molar-refractivity contribution in [3.05, 3.63) is 47.0 Å². The number of aryl methyl sites for hydroxylation is 1. The molecule has 2 aromatic rings. The lowest BCUT2D eigenvalue weighted by Gasteiger charge is -2.07. The third-order valence-corrected chi connectivity index (χ3v) is 3.54. The predicted molar refractivity (Wildman–Crippen MR) is 88.3 cm³/mol. The summed E-state index contributed by atoms with van der Waals surface area (Å²) < 4.78 is 1.91. The van der Waals surface area contributed by atoms with Crippen molar-refractivity contribution >= 4 is 30.7 Å². The highest BCUT2D eigenvalue weighted by Crippen LogP contribution is 2.17. The van der Waals surface area contributed by atoms with Gasteiger partial charge in [0.2, 0.25) is 0 Å². The average molecular weight is 344 g/mol. The summed E-state index contributed by atoms with van der Waals surface area (Å²) in [5.74, 6) is 0.689. The molecule has 1 aromatic heterocycles. The smallest absolute Gasteiger partial charge is 0.251 e. The number of carbonyl (C=O) groups excluding carboxylic acids is 1. The van der Waals surface area contributed by atoms with Crippen LogP contribution in [0.3, 0.4) is 0 Å². The van der Waals surface area contributed by atoms with Crippen molar-refractivity contribution in [2.75, 3.05) is 0 Å². The molecule has 6 nitrogen and oxygen atoms in total. The van der Waals surface area contributed by atoms with Gasteiger partial charge in [-0.25, -0.2) is 0 Å². The van der Waals surface area contributed by atoms with Crippen LogP contribution in [0.25, 0.3) is 0 Å². The molecular formula is C14H19Cl2N5O. The van der Waals surface area contributed by atoms with E-state index >= 15 is 0 Å². The molecule has 0 unspecified atom stereocenters. The topological polar surface area (TPSA) is 71.8 Å². The summed E-state index contributed by atoms with van der Waals surface area (Å²) >= 11 is 0.